The number of nitrogens with zero attached hydrogens (tertiary/aromatic N) is 3. The van der Waals surface area contributed by atoms with E-state index < -0.39 is 6.10 Å². The number of nitriles is 1. The second-order valence-electron chi connectivity index (χ2n) is 7.31. The molecule has 1 N–H and O–H groups in total. The fraction of sp³-hybridized carbons (Fsp3) is 0.600. The smallest absolute Gasteiger partial charge is 0.148 e. The number of halogens is 1. The molecule has 0 spiro atoms. The molecule has 26 heavy (non-hydrogen) atoms. The summed E-state index contributed by atoms with van der Waals surface area (Å²) in [5.41, 5.74) is 1.73. The number of aldehydes is 1. The van der Waals surface area contributed by atoms with Crippen molar-refractivity contribution in [2.24, 2.45) is 5.92 Å². The lowest BCUT2D eigenvalue weighted by atomic mass is 9.84. The van der Waals surface area contributed by atoms with Crippen molar-refractivity contribution in [3.63, 3.8) is 0 Å². The molecule has 1 aromatic rings. The van der Waals surface area contributed by atoms with Gasteiger partial charge in [0, 0.05) is 24.8 Å². The average molecular weight is 378 g/mol. The summed E-state index contributed by atoms with van der Waals surface area (Å²) in [6.45, 7) is 4.81. The lowest BCUT2D eigenvalue weighted by Crippen LogP contribution is -2.41. The second-order valence-corrected chi connectivity index (χ2v) is 7.71. The van der Waals surface area contributed by atoms with Gasteiger partial charge in [0.05, 0.1) is 10.6 Å². The van der Waals surface area contributed by atoms with Crippen LogP contribution in [0.25, 0.3) is 0 Å². The van der Waals surface area contributed by atoms with Crippen molar-refractivity contribution in [2.75, 3.05) is 31.6 Å². The van der Waals surface area contributed by atoms with Gasteiger partial charge < -0.3 is 19.7 Å². The summed E-state index contributed by atoms with van der Waals surface area (Å²) in [6, 6.07) is 8.59. The number of carbonyl (C=O) groups excluding carboxylic acids is 1. The Bertz CT molecular complexity index is 640. The normalized spacial score (nSPS) is 21.1. The highest BCUT2D eigenvalue weighted by Crippen LogP contribution is 2.33. The molecule has 0 amide bonds. The Morgan fingerprint density at radius 1 is 1.46 bits per heavy atom. The molecule has 2 unspecified atom stereocenters. The second kappa shape index (κ2) is 9.91. The van der Waals surface area contributed by atoms with Crippen LogP contribution in [0.4, 0.5) is 5.69 Å². The SMILES string of the molecule is CC(O)C=O.CN1CCC(N(CC2CCC2)c2ccc(C#N)c(Cl)c2)C1. The maximum absolute atomic E-state index is 9.25. The maximum atomic E-state index is 9.25. The molecule has 5 nitrogen and oxygen atoms in total. The van der Waals surface area contributed by atoms with E-state index in [-0.39, 0.29) is 0 Å². The number of rotatable bonds is 5. The highest BCUT2D eigenvalue weighted by Gasteiger charge is 2.29. The van der Waals surface area contributed by atoms with Crippen molar-refractivity contribution < 1.29 is 9.90 Å². The van der Waals surface area contributed by atoms with E-state index in [4.69, 9.17) is 22.0 Å². The predicted molar refractivity (Wildman–Crippen MR) is 105 cm³/mol. The molecule has 1 heterocycles. The van der Waals surface area contributed by atoms with E-state index >= 15 is 0 Å². The Morgan fingerprint density at radius 3 is 2.58 bits per heavy atom. The Kier molecular flexibility index (Phi) is 7.89. The summed E-state index contributed by atoms with van der Waals surface area (Å²) in [5, 5.41) is 17.6. The third-order valence-electron chi connectivity index (χ3n) is 5.09. The van der Waals surface area contributed by atoms with Crippen LogP contribution in [-0.2, 0) is 4.79 Å². The Labute approximate surface area is 161 Å². The first-order chi connectivity index (χ1) is 12.4. The fourth-order valence-electron chi connectivity index (χ4n) is 3.36. The zero-order valence-electron chi connectivity index (χ0n) is 15.6. The fourth-order valence-corrected chi connectivity index (χ4v) is 3.58. The van der Waals surface area contributed by atoms with Crippen molar-refractivity contribution in [3.8, 4) is 6.07 Å². The highest BCUT2D eigenvalue weighted by molar-refractivity contribution is 6.32. The number of likely N-dealkylation sites (N-methyl/N-ethyl adjacent to an activating group) is 1. The van der Waals surface area contributed by atoms with Gasteiger partial charge >= 0.3 is 0 Å². The van der Waals surface area contributed by atoms with Gasteiger partial charge in [-0.05, 0) is 63.9 Å². The number of anilines is 1. The molecule has 6 heteroatoms. The summed E-state index contributed by atoms with van der Waals surface area (Å²) in [4.78, 5) is 14.2. The van der Waals surface area contributed by atoms with Crippen molar-refractivity contribution in [3.05, 3.63) is 28.8 Å². The molecule has 1 aliphatic heterocycles. The number of aliphatic hydroxyl groups excluding tert-OH is 1. The zero-order chi connectivity index (χ0) is 19.1. The standard InChI is InChI=1S/C17H22ClN3.C3H6O2/c1-20-8-7-16(12-20)21(11-13-3-2-4-13)15-6-5-14(10-19)17(18)9-15;1-3(5)2-4/h5-6,9,13,16H,2-4,7-8,11-12H2,1H3;2-3,5H,1H3. The molecule has 1 saturated heterocycles. The number of aliphatic hydroxyl groups is 1. The Morgan fingerprint density at radius 2 is 2.15 bits per heavy atom. The van der Waals surface area contributed by atoms with Gasteiger partial charge in [0.1, 0.15) is 18.5 Å². The topological polar surface area (TPSA) is 67.6 Å². The van der Waals surface area contributed by atoms with E-state index in [0.29, 0.717) is 22.9 Å². The van der Waals surface area contributed by atoms with Crippen LogP contribution < -0.4 is 4.90 Å². The van der Waals surface area contributed by atoms with Gasteiger partial charge in [-0.25, -0.2) is 0 Å². The quantitative estimate of drug-likeness (QED) is 0.798. The molecule has 1 saturated carbocycles. The van der Waals surface area contributed by atoms with Gasteiger partial charge in [-0.1, -0.05) is 18.0 Å². The molecule has 1 aliphatic carbocycles. The first kappa shape index (κ1) is 20.7. The largest absolute Gasteiger partial charge is 0.386 e. The molecule has 3 rings (SSSR count). The van der Waals surface area contributed by atoms with E-state index in [9.17, 15) is 4.79 Å². The molecule has 2 aliphatic rings. The number of hydrogen-bond acceptors (Lipinski definition) is 5. The van der Waals surface area contributed by atoms with Gasteiger partial charge in [-0.3, -0.25) is 0 Å². The number of carbonyl (C=O) groups is 1. The van der Waals surface area contributed by atoms with Crippen molar-refractivity contribution >= 4 is 23.6 Å². The molecule has 0 bridgehead atoms. The molecular weight excluding hydrogens is 350 g/mol. The molecule has 142 valence electrons. The lowest BCUT2D eigenvalue weighted by molar-refractivity contribution is -0.114. The van der Waals surface area contributed by atoms with Crippen LogP contribution in [-0.4, -0.2) is 55.1 Å². The third-order valence-corrected chi connectivity index (χ3v) is 5.40. The van der Waals surface area contributed by atoms with Gasteiger partial charge in [-0.15, -0.1) is 0 Å². The minimum absolute atomic E-state index is 0.472. The monoisotopic (exact) mass is 377 g/mol. The number of hydrogen-bond donors (Lipinski definition) is 1. The maximum Gasteiger partial charge on any atom is 0.148 e. The van der Waals surface area contributed by atoms with E-state index in [0.717, 1.165) is 25.6 Å². The molecule has 1 aromatic carbocycles. The first-order valence-corrected chi connectivity index (χ1v) is 9.60. The van der Waals surface area contributed by atoms with Crippen LogP contribution in [0.1, 0.15) is 38.2 Å². The minimum atomic E-state index is -0.796. The van der Waals surface area contributed by atoms with E-state index in [1.165, 1.54) is 38.3 Å². The van der Waals surface area contributed by atoms with E-state index in [1.54, 1.807) is 0 Å². The van der Waals surface area contributed by atoms with E-state index in [1.807, 2.05) is 12.1 Å². The summed E-state index contributed by atoms with van der Waals surface area (Å²) in [5.74, 6) is 0.824. The number of likely N-dealkylation sites (tertiary alicyclic amines) is 1. The molecule has 2 fully saturated rings. The summed E-state index contributed by atoms with van der Waals surface area (Å²) < 4.78 is 0. The predicted octanol–water partition coefficient (Wildman–Crippen LogP) is 3.09. The van der Waals surface area contributed by atoms with Crippen LogP contribution in [0.5, 0.6) is 0 Å². The molecule has 2 atom stereocenters. The molecule has 0 radical (unpaired) electrons. The van der Waals surface area contributed by atoms with Gasteiger partial charge in [0.25, 0.3) is 0 Å². The van der Waals surface area contributed by atoms with Crippen molar-refractivity contribution in [1.29, 1.82) is 5.26 Å². The molecule has 0 aromatic heterocycles. The first-order valence-electron chi connectivity index (χ1n) is 9.22. The summed E-state index contributed by atoms with van der Waals surface area (Å²) in [6.07, 6.45) is 4.96. The van der Waals surface area contributed by atoms with Gasteiger partial charge in [0.2, 0.25) is 0 Å². The van der Waals surface area contributed by atoms with E-state index in [2.05, 4.69) is 29.0 Å². The van der Waals surface area contributed by atoms with Gasteiger partial charge in [0.15, 0.2) is 0 Å². The summed E-state index contributed by atoms with van der Waals surface area (Å²) in [7, 11) is 2.19. The van der Waals surface area contributed by atoms with Crippen LogP contribution in [0.3, 0.4) is 0 Å². The third kappa shape index (κ3) is 5.70. The van der Waals surface area contributed by atoms with Crippen molar-refractivity contribution in [1.82, 2.24) is 4.90 Å². The average Bonchev–Trinajstić information content (AvgIpc) is 3.00. The van der Waals surface area contributed by atoms with Crippen LogP contribution >= 0.6 is 11.6 Å². The zero-order valence-corrected chi connectivity index (χ0v) is 16.3. The highest BCUT2D eigenvalue weighted by atomic mass is 35.5. The Balaban J connectivity index is 0.000000431. The van der Waals surface area contributed by atoms with Crippen molar-refractivity contribution in [2.45, 2.75) is 44.8 Å². The van der Waals surface area contributed by atoms with Gasteiger partial charge in [-0.2, -0.15) is 5.26 Å². The number of benzene rings is 1. The Hall–Kier alpha value is -1.61. The minimum Gasteiger partial charge on any atom is -0.386 e. The molecular formula is C20H28ClN3O2. The lowest BCUT2D eigenvalue weighted by Gasteiger charge is -2.37. The van der Waals surface area contributed by atoms with Crippen LogP contribution in [0.2, 0.25) is 5.02 Å². The van der Waals surface area contributed by atoms with Crippen LogP contribution in [0, 0.1) is 17.2 Å². The van der Waals surface area contributed by atoms with Crippen LogP contribution in [0.15, 0.2) is 18.2 Å². The summed E-state index contributed by atoms with van der Waals surface area (Å²) >= 11 is 6.23.